The zero-order valence-electron chi connectivity index (χ0n) is 15.2. The van der Waals surface area contributed by atoms with Crippen molar-refractivity contribution >= 4 is 11.8 Å². The monoisotopic (exact) mass is 342 g/mol. The summed E-state index contributed by atoms with van der Waals surface area (Å²) in [7, 11) is 1.63. The highest BCUT2D eigenvalue weighted by atomic mass is 16.5. The van der Waals surface area contributed by atoms with E-state index in [4.69, 9.17) is 4.74 Å². The van der Waals surface area contributed by atoms with Crippen molar-refractivity contribution in [2.45, 2.75) is 20.4 Å². The third-order valence-corrected chi connectivity index (χ3v) is 4.27. The minimum absolute atomic E-state index is 0.654. The first-order valence-corrected chi connectivity index (χ1v) is 8.73. The molecule has 25 heavy (non-hydrogen) atoms. The Hall–Kier alpha value is -2.41. The summed E-state index contributed by atoms with van der Waals surface area (Å²) in [5.41, 5.74) is 2.20. The summed E-state index contributed by atoms with van der Waals surface area (Å²) in [6, 6.07) is 5.97. The number of rotatable bonds is 6. The van der Waals surface area contributed by atoms with Gasteiger partial charge in [-0.05, 0) is 19.4 Å². The van der Waals surface area contributed by atoms with Crippen LogP contribution in [0.25, 0.3) is 0 Å². The maximum absolute atomic E-state index is 5.11. The molecule has 0 aliphatic carbocycles. The van der Waals surface area contributed by atoms with Gasteiger partial charge in [-0.3, -0.25) is 4.90 Å². The third kappa shape index (κ3) is 4.57. The SMILES string of the molecule is CCNc1cc(C)nc(N2CCN(Cc3ccc(OC)nc3)CC2)n1. The Morgan fingerprint density at radius 3 is 2.60 bits per heavy atom. The summed E-state index contributed by atoms with van der Waals surface area (Å²) in [5, 5.41) is 3.27. The molecule has 3 heterocycles. The van der Waals surface area contributed by atoms with Gasteiger partial charge in [0.15, 0.2) is 0 Å². The molecule has 2 aromatic heterocycles. The Morgan fingerprint density at radius 2 is 1.96 bits per heavy atom. The average Bonchev–Trinajstić information content (AvgIpc) is 2.63. The van der Waals surface area contributed by atoms with Gasteiger partial charge in [0.2, 0.25) is 11.8 Å². The molecule has 1 fully saturated rings. The van der Waals surface area contributed by atoms with Crippen LogP contribution < -0.4 is 15.0 Å². The predicted octanol–water partition coefficient (Wildman–Crippen LogP) is 1.94. The van der Waals surface area contributed by atoms with Gasteiger partial charge in [0.05, 0.1) is 7.11 Å². The Labute approximate surface area is 149 Å². The van der Waals surface area contributed by atoms with Crippen molar-refractivity contribution in [2.24, 2.45) is 0 Å². The van der Waals surface area contributed by atoms with Crippen LogP contribution in [0.3, 0.4) is 0 Å². The first kappa shape index (κ1) is 17.4. The van der Waals surface area contributed by atoms with Gasteiger partial charge in [-0.1, -0.05) is 6.07 Å². The number of hydrogen-bond donors (Lipinski definition) is 1. The second-order valence-electron chi connectivity index (χ2n) is 6.20. The summed E-state index contributed by atoms with van der Waals surface area (Å²) >= 11 is 0. The average molecular weight is 342 g/mol. The Morgan fingerprint density at radius 1 is 1.16 bits per heavy atom. The summed E-state index contributed by atoms with van der Waals surface area (Å²) in [4.78, 5) is 18.2. The van der Waals surface area contributed by atoms with E-state index in [1.54, 1.807) is 7.11 Å². The molecular formula is C18H26N6O. The van der Waals surface area contributed by atoms with Gasteiger partial charge in [-0.25, -0.2) is 9.97 Å². The molecule has 0 radical (unpaired) electrons. The van der Waals surface area contributed by atoms with Crippen LogP contribution in [-0.2, 0) is 6.54 Å². The van der Waals surface area contributed by atoms with E-state index in [1.807, 2.05) is 25.3 Å². The van der Waals surface area contributed by atoms with Crippen molar-refractivity contribution in [3.63, 3.8) is 0 Å². The van der Waals surface area contributed by atoms with Crippen LogP contribution in [0.2, 0.25) is 0 Å². The normalized spacial score (nSPS) is 15.2. The second kappa shape index (κ2) is 8.11. The first-order chi connectivity index (χ1) is 12.2. The van der Waals surface area contributed by atoms with E-state index in [-0.39, 0.29) is 0 Å². The molecule has 1 aliphatic heterocycles. The molecule has 134 valence electrons. The number of pyridine rings is 1. The highest BCUT2D eigenvalue weighted by Crippen LogP contribution is 2.17. The van der Waals surface area contributed by atoms with Crippen molar-refractivity contribution < 1.29 is 4.74 Å². The summed E-state index contributed by atoms with van der Waals surface area (Å²) in [5.74, 6) is 2.38. The van der Waals surface area contributed by atoms with Gasteiger partial charge < -0.3 is 15.0 Å². The van der Waals surface area contributed by atoms with Crippen molar-refractivity contribution in [1.29, 1.82) is 0 Å². The van der Waals surface area contributed by atoms with Crippen LogP contribution in [-0.4, -0.2) is 59.7 Å². The van der Waals surface area contributed by atoms with E-state index in [9.17, 15) is 0 Å². The third-order valence-electron chi connectivity index (χ3n) is 4.27. The highest BCUT2D eigenvalue weighted by molar-refractivity contribution is 5.43. The fourth-order valence-electron chi connectivity index (χ4n) is 2.96. The van der Waals surface area contributed by atoms with E-state index in [1.165, 1.54) is 5.56 Å². The fraction of sp³-hybridized carbons (Fsp3) is 0.500. The molecule has 2 aromatic rings. The molecule has 0 amide bonds. The Bertz CT molecular complexity index is 682. The molecule has 0 atom stereocenters. The lowest BCUT2D eigenvalue weighted by Gasteiger charge is -2.34. The molecule has 7 nitrogen and oxygen atoms in total. The number of nitrogens with zero attached hydrogens (tertiary/aromatic N) is 5. The molecular weight excluding hydrogens is 316 g/mol. The van der Waals surface area contributed by atoms with E-state index in [0.717, 1.165) is 56.7 Å². The van der Waals surface area contributed by atoms with Crippen molar-refractivity contribution in [3.05, 3.63) is 35.7 Å². The number of methoxy groups -OCH3 is 1. The fourth-order valence-corrected chi connectivity index (χ4v) is 2.96. The topological polar surface area (TPSA) is 66.4 Å². The Kier molecular flexibility index (Phi) is 5.65. The molecule has 1 N–H and O–H groups in total. The molecule has 7 heteroatoms. The zero-order valence-corrected chi connectivity index (χ0v) is 15.2. The van der Waals surface area contributed by atoms with Gasteiger partial charge in [-0.15, -0.1) is 0 Å². The lowest BCUT2D eigenvalue weighted by Crippen LogP contribution is -2.46. The zero-order chi connectivity index (χ0) is 17.6. The number of aromatic nitrogens is 3. The van der Waals surface area contributed by atoms with Crippen LogP contribution in [0, 0.1) is 6.92 Å². The lowest BCUT2D eigenvalue weighted by molar-refractivity contribution is 0.248. The number of aryl methyl sites for hydroxylation is 1. The van der Waals surface area contributed by atoms with E-state index < -0.39 is 0 Å². The quantitative estimate of drug-likeness (QED) is 0.860. The molecule has 0 aromatic carbocycles. The summed E-state index contributed by atoms with van der Waals surface area (Å²) < 4.78 is 5.11. The minimum Gasteiger partial charge on any atom is -0.481 e. The van der Waals surface area contributed by atoms with Crippen LogP contribution in [0.4, 0.5) is 11.8 Å². The maximum Gasteiger partial charge on any atom is 0.227 e. The molecule has 3 rings (SSSR count). The summed E-state index contributed by atoms with van der Waals surface area (Å²) in [6.07, 6.45) is 1.89. The van der Waals surface area contributed by atoms with Gasteiger partial charge in [0.25, 0.3) is 0 Å². The minimum atomic E-state index is 0.654. The highest BCUT2D eigenvalue weighted by Gasteiger charge is 2.19. The van der Waals surface area contributed by atoms with E-state index >= 15 is 0 Å². The van der Waals surface area contributed by atoms with Crippen LogP contribution in [0.15, 0.2) is 24.4 Å². The smallest absolute Gasteiger partial charge is 0.227 e. The predicted molar refractivity (Wildman–Crippen MR) is 99.2 cm³/mol. The van der Waals surface area contributed by atoms with E-state index in [0.29, 0.717) is 5.88 Å². The van der Waals surface area contributed by atoms with Crippen molar-refractivity contribution in [3.8, 4) is 5.88 Å². The standard InChI is InChI=1S/C18H26N6O/c1-4-19-16-11-14(2)21-18(22-16)24-9-7-23(8-10-24)13-15-5-6-17(25-3)20-12-15/h5-6,11-12H,4,7-10,13H2,1-3H3,(H,19,21,22). The van der Waals surface area contributed by atoms with Crippen LogP contribution >= 0.6 is 0 Å². The van der Waals surface area contributed by atoms with Crippen molar-refractivity contribution in [1.82, 2.24) is 19.9 Å². The lowest BCUT2D eigenvalue weighted by atomic mass is 10.2. The molecule has 0 bridgehead atoms. The van der Waals surface area contributed by atoms with E-state index in [2.05, 4.69) is 43.1 Å². The number of hydrogen-bond acceptors (Lipinski definition) is 7. The molecule has 0 unspecified atom stereocenters. The van der Waals surface area contributed by atoms with Crippen LogP contribution in [0.5, 0.6) is 5.88 Å². The van der Waals surface area contributed by atoms with Gasteiger partial charge in [0.1, 0.15) is 5.82 Å². The second-order valence-corrected chi connectivity index (χ2v) is 6.20. The maximum atomic E-state index is 5.11. The number of piperazine rings is 1. The first-order valence-electron chi connectivity index (χ1n) is 8.73. The number of anilines is 2. The number of ether oxygens (including phenoxy) is 1. The summed E-state index contributed by atoms with van der Waals surface area (Å²) in [6.45, 7) is 9.68. The number of nitrogens with one attached hydrogen (secondary N) is 1. The molecule has 0 saturated carbocycles. The molecule has 1 saturated heterocycles. The molecule has 0 spiro atoms. The van der Waals surface area contributed by atoms with Gasteiger partial charge in [0, 0.05) is 63.3 Å². The van der Waals surface area contributed by atoms with Crippen LogP contribution in [0.1, 0.15) is 18.2 Å². The Balaban J connectivity index is 1.58. The molecule has 1 aliphatic rings. The largest absolute Gasteiger partial charge is 0.481 e. The van der Waals surface area contributed by atoms with Gasteiger partial charge >= 0.3 is 0 Å². The van der Waals surface area contributed by atoms with Gasteiger partial charge in [-0.2, -0.15) is 4.98 Å². The van der Waals surface area contributed by atoms with Crippen molar-refractivity contribution in [2.75, 3.05) is 50.1 Å².